The Morgan fingerprint density at radius 3 is 2.00 bits per heavy atom. The summed E-state index contributed by atoms with van der Waals surface area (Å²) >= 11 is 0.338. The van der Waals surface area contributed by atoms with Crippen LogP contribution < -0.4 is 0 Å². The van der Waals surface area contributed by atoms with E-state index in [1.807, 2.05) is 0 Å². The fourth-order valence-electron chi connectivity index (χ4n) is 0.831. The molecular formula is C10H14F4O2S. The van der Waals surface area contributed by atoms with Gasteiger partial charge in [0, 0.05) is 4.75 Å². The Morgan fingerprint density at radius 2 is 1.71 bits per heavy atom. The van der Waals surface area contributed by atoms with Crippen molar-refractivity contribution < 1.29 is 27.1 Å². The van der Waals surface area contributed by atoms with Crippen LogP contribution in [0.2, 0.25) is 0 Å². The zero-order valence-electron chi connectivity index (χ0n) is 9.94. The van der Waals surface area contributed by atoms with Crippen LogP contribution in [0.4, 0.5) is 17.6 Å². The topological polar surface area (TPSA) is 26.3 Å². The van der Waals surface area contributed by atoms with E-state index in [0.29, 0.717) is 11.8 Å². The summed E-state index contributed by atoms with van der Waals surface area (Å²) in [4.78, 5) is 11.1. The second kappa shape index (κ2) is 5.75. The van der Waals surface area contributed by atoms with Crippen LogP contribution in [-0.4, -0.2) is 23.5 Å². The van der Waals surface area contributed by atoms with Crippen LogP contribution in [-0.2, 0) is 9.53 Å². The molecular weight excluding hydrogens is 260 g/mol. The molecule has 0 saturated carbocycles. The van der Waals surface area contributed by atoms with Crippen molar-refractivity contribution in [2.75, 3.05) is 6.61 Å². The molecule has 0 aromatic rings. The average Bonchev–Trinajstić information content (AvgIpc) is 1.96. The number of rotatable bonds is 3. The van der Waals surface area contributed by atoms with Gasteiger partial charge in [0.15, 0.2) is 10.7 Å². The van der Waals surface area contributed by atoms with Gasteiger partial charge in [0.1, 0.15) is 0 Å². The highest BCUT2D eigenvalue weighted by Gasteiger charge is 2.44. The van der Waals surface area contributed by atoms with E-state index in [9.17, 15) is 22.4 Å². The number of thioether (sulfide) groups is 1. The highest BCUT2D eigenvalue weighted by atomic mass is 32.2. The van der Waals surface area contributed by atoms with Gasteiger partial charge < -0.3 is 4.74 Å². The second-order valence-corrected chi connectivity index (χ2v) is 5.87. The maximum Gasteiger partial charge on any atom is 0.426 e. The zero-order chi connectivity index (χ0) is 13.9. The van der Waals surface area contributed by atoms with Gasteiger partial charge in [0.25, 0.3) is 0 Å². The molecule has 0 rings (SSSR count). The zero-order valence-corrected chi connectivity index (χ0v) is 10.8. The van der Waals surface area contributed by atoms with Gasteiger partial charge in [-0.1, -0.05) is 32.5 Å². The molecule has 0 heterocycles. The molecule has 0 aliphatic heterocycles. The highest BCUT2D eigenvalue weighted by Crippen LogP contribution is 2.39. The second-order valence-electron chi connectivity index (χ2n) is 4.08. The van der Waals surface area contributed by atoms with Crippen molar-refractivity contribution in [3.05, 3.63) is 10.7 Å². The van der Waals surface area contributed by atoms with Crippen molar-refractivity contribution in [1.82, 2.24) is 0 Å². The molecule has 0 N–H and O–H groups in total. The van der Waals surface area contributed by atoms with Gasteiger partial charge in [-0.15, -0.1) is 0 Å². The van der Waals surface area contributed by atoms with E-state index in [-0.39, 0.29) is 6.61 Å². The monoisotopic (exact) mass is 274 g/mol. The molecule has 0 spiro atoms. The van der Waals surface area contributed by atoms with E-state index < -0.39 is 27.6 Å². The first-order chi connectivity index (χ1) is 7.49. The predicted octanol–water partition coefficient (Wildman–Crippen LogP) is 3.82. The molecule has 0 aromatic carbocycles. The van der Waals surface area contributed by atoms with Crippen molar-refractivity contribution in [3.63, 3.8) is 0 Å². The van der Waals surface area contributed by atoms with E-state index in [0.717, 1.165) is 0 Å². The lowest BCUT2D eigenvalue weighted by atomic mass is 10.3. The molecule has 7 heteroatoms. The van der Waals surface area contributed by atoms with Gasteiger partial charge in [0.2, 0.25) is 0 Å². The molecule has 0 fully saturated rings. The number of hydrogen-bond donors (Lipinski definition) is 0. The van der Waals surface area contributed by atoms with Gasteiger partial charge in [0.05, 0.1) is 6.61 Å². The molecule has 0 amide bonds. The first-order valence-electron chi connectivity index (χ1n) is 4.82. The Labute approximate surface area is 101 Å². The van der Waals surface area contributed by atoms with Crippen molar-refractivity contribution in [3.8, 4) is 0 Å². The van der Waals surface area contributed by atoms with Gasteiger partial charge >= 0.3 is 12.1 Å². The van der Waals surface area contributed by atoms with E-state index in [4.69, 9.17) is 0 Å². The lowest BCUT2D eigenvalue weighted by molar-refractivity contribution is -0.150. The maximum atomic E-state index is 13.5. The minimum atomic E-state index is -5.06. The van der Waals surface area contributed by atoms with E-state index in [1.54, 1.807) is 0 Å². The Bertz CT molecular complexity index is 315. The number of carbonyl (C=O) groups excluding carboxylic acids is 1. The summed E-state index contributed by atoms with van der Waals surface area (Å²) in [6.45, 7) is 5.72. The van der Waals surface area contributed by atoms with Crippen LogP contribution in [0.15, 0.2) is 10.7 Å². The first-order valence-corrected chi connectivity index (χ1v) is 5.63. The van der Waals surface area contributed by atoms with Crippen LogP contribution in [0, 0.1) is 0 Å². The number of esters is 1. The molecule has 0 aliphatic rings. The van der Waals surface area contributed by atoms with E-state index in [1.165, 1.54) is 27.7 Å². The Balaban J connectivity index is 5.31. The molecule has 0 bridgehead atoms. The quantitative estimate of drug-likeness (QED) is 0.444. The molecule has 0 aliphatic carbocycles. The summed E-state index contributed by atoms with van der Waals surface area (Å²) < 4.78 is 54.4. The van der Waals surface area contributed by atoms with E-state index >= 15 is 0 Å². The van der Waals surface area contributed by atoms with E-state index in [2.05, 4.69) is 4.74 Å². The van der Waals surface area contributed by atoms with Crippen LogP contribution in [0.5, 0.6) is 0 Å². The van der Waals surface area contributed by atoms with Crippen molar-refractivity contribution in [1.29, 1.82) is 0 Å². The van der Waals surface area contributed by atoms with Crippen molar-refractivity contribution >= 4 is 17.7 Å². The van der Waals surface area contributed by atoms with Crippen LogP contribution >= 0.6 is 11.8 Å². The lowest BCUT2D eigenvalue weighted by Crippen LogP contribution is -2.24. The number of alkyl halides is 3. The summed E-state index contributed by atoms with van der Waals surface area (Å²) in [6.07, 6.45) is -5.06. The summed E-state index contributed by atoms with van der Waals surface area (Å²) in [5.74, 6) is -1.69. The van der Waals surface area contributed by atoms with Crippen LogP contribution in [0.25, 0.3) is 0 Å². The molecule has 2 nitrogen and oxygen atoms in total. The van der Waals surface area contributed by atoms with Crippen LogP contribution in [0.1, 0.15) is 27.7 Å². The number of hydrogen-bond acceptors (Lipinski definition) is 3. The molecule has 0 radical (unpaired) electrons. The first kappa shape index (κ1) is 16.3. The van der Waals surface area contributed by atoms with Gasteiger partial charge in [-0.2, -0.15) is 17.6 Å². The molecule has 100 valence electrons. The summed E-state index contributed by atoms with van der Waals surface area (Å²) in [5, 5.41) is -1.57. The van der Waals surface area contributed by atoms with Gasteiger partial charge in [-0.3, -0.25) is 0 Å². The standard InChI is InChI=1S/C10H14F4O2S/c1-5-16-8(15)6(10(12,13)14)7(11)17-9(2,3)4/h5H2,1-4H3/b7-6-. The van der Waals surface area contributed by atoms with Crippen molar-refractivity contribution in [2.45, 2.75) is 38.6 Å². The molecule has 17 heavy (non-hydrogen) atoms. The fraction of sp³-hybridized carbons (Fsp3) is 0.700. The highest BCUT2D eigenvalue weighted by molar-refractivity contribution is 8.04. The molecule has 0 saturated heterocycles. The van der Waals surface area contributed by atoms with Crippen molar-refractivity contribution in [2.24, 2.45) is 0 Å². The Hall–Kier alpha value is -0.720. The third kappa shape index (κ3) is 5.95. The summed E-state index contributed by atoms with van der Waals surface area (Å²) in [5.41, 5.74) is -1.88. The summed E-state index contributed by atoms with van der Waals surface area (Å²) in [6, 6.07) is 0. The maximum absolute atomic E-state index is 13.5. The van der Waals surface area contributed by atoms with Crippen LogP contribution in [0.3, 0.4) is 0 Å². The lowest BCUT2D eigenvalue weighted by Gasteiger charge is -2.18. The third-order valence-electron chi connectivity index (χ3n) is 1.36. The minimum Gasteiger partial charge on any atom is -0.462 e. The Kier molecular flexibility index (Phi) is 5.51. The normalized spacial score (nSPS) is 14.4. The molecule has 0 atom stereocenters. The minimum absolute atomic E-state index is 0.244. The molecule has 0 aromatic heterocycles. The molecule has 0 unspecified atom stereocenters. The SMILES string of the molecule is CCOC(=O)/C(=C(\F)SC(C)(C)C)C(F)(F)F. The number of ether oxygens (including phenoxy) is 1. The van der Waals surface area contributed by atoms with Gasteiger partial charge in [-0.25, -0.2) is 4.79 Å². The average molecular weight is 274 g/mol. The number of carbonyl (C=O) groups is 1. The number of halogens is 4. The third-order valence-corrected chi connectivity index (χ3v) is 2.35. The predicted molar refractivity (Wildman–Crippen MR) is 58.2 cm³/mol. The summed E-state index contributed by atoms with van der Waals surface area (Å²) in [7, 11) is 0. The smallest absolute Gasteiger partial charge is 0.426 e. The largest absolute Gasteiger partial charge is 0.462 e. The fourth-order valence-corrected chi connectivity index (χ4v) is 1.67. The van der Waals surface area contributed by atoms with Gasteiger partial charge in [-0.05, 0) is 6.92 Å². The Morgan fingerprint density at radius 1 is 1.24 bits per heavy atom.